The summed E-state index contributed by atoms with van der Waals surface area (Å²) in [5.74, 6) is 4.91. The van der Waals surface area contributed by atoms with E-state index in [4.69, 9.17) is 10.6 Å². The number of aromatic nitrogens is 2. The maximum atomic E-state index is 13.4. The van der Waals surface area contributed by atoms with Crippen LogP contribution in [0.3, 0.4) is 0 Å². The molecule has 5 nitrogen and oxygen atoms in total. The van der Waals surface area contributed by atoms with Gasteiger partial charge in [0.05, 0.1) is 6.20 Å². The van der Waals surface area contributed by atoms with Gasteiger partial charge in [-0.2, -0.15) is 9.37 Å². The van der Waals surface area contributed by atoms with Crippen molar-refractivity contribution < 1.29 is 9.13 Å². The van der Waals surface area contributed by atoms with E-state index >= 15 is 0 Å². The lowest BCUT2D eigenvalue weighted by Crippen LogP contribution is -2.11. The quantitative estimate of drug-likeness (QED) is 0.503. The Morgan fingerprint density at radius 3 is 2.67 bits per heavy atom. The average molecular weight is 266 g/mol. The zero-order chi connectivity index (χ0) is 13.0. The van der Waals surface area contributed by atoms with E-state index < -0.39 is 5.82 Å². The summed E-state index contributed by atoms with van der Waals surface area (Å²) in [4.78, 5) is 8.49. The lowest BCUT2D eigenvalue weighted by atomic mass is 10.3. The molecular weight excluding hydrogens is 255 g/mol. The molecule has 0 bridgehead atoms. The summed E-state index contributed by atoms with van der Waals surface area (Å²) in [6, 6.07) is 7.23. The van der Waals surface area contributed by atoms with Gasteiger partial charge in [0.1, 0.15) is 5.75 Å². The van der Waals surface area contributed by atoms with Gasteiger partial charge in [-0.15, -0.1) is 11.8 Å². The second-order valence-electron chi connectivity index (χ2n) is 3.27. The van der Waals surface area contributed by atoms with Crippen molar-refractivity contribution in [2.45, 2.75) is 4.90 Å². The SMILES string of the molecule is CSc1ccc(Oc2nc(NN)ncc2F)cc1. The van der Waals surface area contributed by atoms with E-state index in [0.717, 1.165) is 11.1 Å². The van der Waals surface area contributed by atoms with Crippen LogP contribution in [0.5, 0.6) is 11.6 Å². The molecule has 0 saturated heterocycles. The van der Waals surface area contributed by atoms with Crippen molar-refractivity contribution in [2.24, 2.45) is 5.84 Å². The molecule has 0 amide bonds. The molecule has 94 valence electrons. The molecule has 3 N–H and O–H groups in total. The highest BCUT2D eigenvalue weighted by Gasteiger charge is 2.08. The van der Waals surface area contributed by atoms with Gasteiger partial charge < -0.3 is 4.74 Å². The summed E-state index contributed by atoms with van der Waals surface area (Å²) in [5, 5.41) is 0. The largest absolute Gasteiger partial charge is 0.436 e. The first-order chi connectivity index (χ1) is 8.72. The third-order valence-electron chi connectivity index (χ3n) is 2.11. The minimum absolute atomic E-state index is 0.0899. The summed E-state index contributed by atoms with van der Waals surface area (Å²) < 4.78 is 18.7. The summed E-state index contributed by atoms with van der Waals surface area (Å²) in [7, 11) is 0. The smallest absolute Gasteiger partial charge is 0.260 e. The number of anilines is 1. The molecule has 0 radical (unpaired) electrons. The number of nitrogen functional groups attached to an aromatic ring is 1. The molecule has 2 rings (SSSR count). The second kappa shape index (κ2) is 5.65. The van der Waals surface area contributed by atoms with Gasteiger partial charge in [-0.25, -0.2) is 10.8 Å². The Balaban J connectivity index is 2.21. The minimum atomic E-state index is -0.650. The van der Waals surface area contributed by atoms with Gasteiger partial charge in [-0.1, -0.05) is 0 Å². The molecule has 0 aliphatic rings. The Labute approximate surface area is 108 Å². The molecule has 1 aromatic heterocycles. The maximum Gasteiger partial charge on any atom is 0.260 e. The summed E-state index contributed by atoms with van der Waals surface area (Å²) >= 11 is 1.61. The van der Waals surface area contributed by atoms with E-state index in [1.807, 2.05) is 18.4 Å². The summed E-state index contributed by atoms with van der Waals surface area (Å²) in [6.45, 7) is 0. The fourth-order valence-corrected chi connectivity index (χ4v) is 1.66. The Morgan fingerprint density at radius 2 is 2.06 bits per heavy atom. The van der Waals surface area contributed by atoms with Gasteiger partial charge in [0.15, 0.2) is 0 Å². The van der Waals surface area contributed by atoms with Crippen molar-refractivity contribution in [3.8, 4) is 11.6 Å². The van der Waals surface area contributed by atoms with E-state index in [1.165, 1.54) is 0 Å². The number of hydrogen-bond acceptors (Lipinski definition) is 6. The van der Waals surface area contributed by atoms with Crippen LogP contribution in [0, 0.1) is 5.82 Å². The number of thioether (sulfide) groups is 1. The Kier molecular flexibility index (Phi) is 3.96. The fourth-order valence-electron chi connectivity index (χ4n) is 1.25. The molecule has 18 heavy (non-hydrogen) atoms. The van der Waals surface area contributed by atoms with Crippen molar-refractivity contribution >= 4 is 17.7 Å². The first-order valence-electron chi connectivity index (χ1n) is 5.04. The van der Waals surface area contributed by atoms with Crippen molar-refractivity contribution in [3.63, 3.8) is 0 Å². The Hall–Kier alpha value is -1.86. The van der Waals surface area contributed by atoms with Crippen molar-refractivity contribution in [2.75, 3.05) is 11.7 Å². The molecule has 0 aliphatic heterocycles. The van der Waals surface area contributed by atoms with Crippen LogP contribution in [0.2, 0.25) is 0 Å². The minimum Gasteiger partial charge on any atom is -0.436 e. The van der Waals surface area contributed by atoms with Crippen LogP contribution in [-0.2, 0) is 0 Å². The van der Waals surface area contributed by atoms with Gasteiger partial charge in [-0.3, -0.25) is 5.43 Å². The summed E-state index contributed by atoms with van der Waals surface area (Å²) in [6.07, 6.45) is 2.97. The van der Waals surface area contributed by atoms with Gasteiger partial charge in [0, 0.05) is 4.90 Å². The van der Waals surface area contributed by atoms with Crippen LogP contribution < -0.4 is 16.0 Å². The zero-order valence-corrected chi connectivity index (χ0v) is 10.4. The topological polar surface area (TPSA) is 73.1 Å². The van der Waals surface area contributed by atoms with Crippen LogP contribution in [0.4, 0.5) is 10.3 Å². The maximum absolute atomic E-state index is 13.4. The van der Waals surface area contributed by atoms with Gasteiger partial charge in [0.2, 0.25) is 11.8 Å². The normalized spacial score (nSPS) is 10.2. The lowest BCUT2D eigenvalue weighted by molar-refractivity contribution is 0.420. The van der Waals surface area contributed by atoms with Crippen LogP contribution in [0.1, 0.15) is 0 Å². The highest BCUT2D eigenvalue weighted by molar-refractivity contribution is 7.98. The van der Waals surface area contributed by atoms with Crippen LogP contribution in [0.25, 0.3) is 0 Å². The molecule has 1 heterocycles. The molecule has 1 aromatic carbocycles. The van der Waals surface area contributed by atoms with Crippen LogP contribution in [-0.4, -0.2) is 16.2 Å². The number of hydrazine groups is 1. The van der Waals surface area contributed by atoms with Crippen molar-refractivity contribution in [1.82, 2.24) is 9.97 Å². The molecule has 0 aliphatic carbocycles. The average Bonchev–Trinajstić information content (AvgIpc) is 2.42. The molecule has 0 fully saturated rings. The van der Waals surface area contributed by atoms with E-state index in [0.29, 0.717) is 5.75 Å². The lowest BCUT2D eigenvalue weighted by Gasteiger charge is -2.07. The molecule has 2 aromatic rings. The van der Waals surface area contributed by atoms with E-state index in [2.05, 4.69) is 15.4 Å². The summed E-state index contributed by atoms with van der Waals surface area (Å²) in [5.41, 5.74) is 2.23. The highest BCUT2D eigenvalue weighted by atomic mass is 32.2. The first kappa shape index (κ1) is 12.6. The second-order valence-corrected chi connectivity index (χ2v) is 4.15. The first-order valence-corrected chi connectivity index (χ1v) is 6.26. The van der Waals surface area contributed by atoms with Crippen LogP contribution in [0.15, 0.2) is 35.4 Å². The van der Waals surface area contributed by atoms with Gasteiger partial charge in [-0.05, 0) is 30.5 Å². The van der Waals surface area contributed by atoms with Crippen LogP contribution >= 0.6 is 11.8 Å². The number of hydrogen-bond donors (Lipinski definition) is 2. The predicted octanol–water partition coefficient (Wildman–Crippen LogP) is 2.42. The Bertz CT molecular complexity index is 535. The Morgan fingerprint density at radius 1 is 1.33 bits per heavy atom. The van der Waals surface area contributed by atoms with Crippen molar-refractivity contribution in [1.29, 1.82) is 0 Å². The number of benzene rings is 1. The van der Waals surface area contributed by atoms with E-state index in [1.54, 1.807) is 23.9 Å². The molecule has 0 atom stereocenters. The third kappa shape index (κ3) is 2.88. The van der Waals surface area contributed by atoms with Gasteiger partial charge >= 0.3 is 0 Å². The monoisotopic (exact) mass is 266 g/mol. The molecule has 0 unspecified atom stereocenters. The molecule has 7 heteroatoms. The van der Waals surface area contributed by atoms with E-state index in [9.17, 15) is 4.39 Å². The van der Waals surface area contributed by atoms with E-state index in [-0.39, 0.29) is 11.8 Å². The fraction of sp³-hybridized carbons (Fsp3) is 0.0909. The standard InChI is InChI=1S/C11H11FN4OS/c1-18-8-4-2-7(3-5-8)17-10-9(12)6-14-11(15-10)16-13/h2-6H,13H2,1H3,(H,14,15,16). The molecule has 0 saturated carbocycles. The number of nitrogens with zero attached hydrogens (tertiary/aromatic N) is 2. The highest BCUT2D eigenvalue weighted by Crippen LogP contribution is 2.25. The molecular formula is C11H11FN4OS. The number of nitrogens with two attached hydrogens (primary N) is 1. The number of rotatable bonds is 4. The number of ether oxygens (including phenoxy) is 1. The van der Waals surface area contributed by atoms with Crippen molar-refractivity contribution in [3.05, 3.63) is 36.3 Å². The predicted molar refractivity (Wildman–Crippen MR) is 68.1 cm³/mol. The molecule has 0 spiro atoms. The number of halogens is 1. The zero-order valence-electron chi connectivity index (χ0n) is 9.55. The third-order valence-corrected chi connectivity index (χ3v) is 2.86. The van der Waals surface area contributed by atoms with Gasteiger partial charge in [0.25, 0.3) is 5.88 Å². The number of nitrogens with one attached hydrogen (secondary N) is 1.